The van der Waals surface area contributed by atoms with E-state index in [4.69, 9.17) is 4.98 Å². The van der Waals surface area contributed by atoms with Crippen LogP contribution in [-0.2, 0) is 0 Å². The summed E-state index contributed by atoms with van der Waals surface area (Å²) in [5.41, 5.74) is 6.08. The van der Waals surface area contributed by atoms with Crippen molar-refractivity contribution in [3.63, 3.8) is 0 Å². The Morgan fingerprint density at radius 1 is 0.913 bits per heavy atom. The van der Waals surface area contributed by atoms with Gasteiger partial charge in [-0.15, -0.1) is 11.3 Å². The summed E-state index contributed by atoms with van der Waals surface area (Å²) in [7, 11) is 0. The van der Waals surface area contributed by atoms with Crippen molar-refractivity contribution in [1.29, 1.82) is 0 Å². The molecule has 0 amide bonds. The van der Waals surface area contributed by atoms with Gasteiger partial charge in [0.15, 0.2) is 0 Å². The van der Waals surface area contributed by atoms with Crippen LogP contribution in [0.3, 0.4) is 0 Å². The lowest BCUT2D eigenvalue weighted by molar-refractivity contribution is 0.866. The number of nitrogens with zero attached hydrogens (tertiary/aromatic N) is 1. The Morgan fingerprint density at radius 2 is 1.61 bits per heavy atom. The van der Waals surface area contributed by atoms with Gasteiger partial charge in [0.05, 0.1) is 5.69 Å². The van der Waals surface area contributed by atoms with Gasteiger partial charge in [-0.25, -0.2) is 4.98 Å². The summed E-state index contributed by atoms with van der Waals surface area (Å²) in [5, 5.41) is 3.15. The largest absolute Gasteiger partial charge is 0.237 e. The van der Waals surface area contributed by atoms with Gasteiger partial charge < -0.3 is 0 Å². The van der Waals surface area contributed by atoms with Crippen LogP contribution in [0.1, 0.15) is 41.5 Å². The van der Waals surface area contributed by atoms with E-state index in [2.05, 4.69) is 86.8 Å². The summed E-state index contributed by atoms with van der Waals surface area (Å²) in [6.45, 7) is 6.53. The standard InChI is InChI=1S/C21H21NS/c1-15(2)18-11-6-17(7-12-18)8-13-21-22-20(14-23-21)19-9-4-16(3)5-10-19/h4-15H,1-3H3/b13-8+. The second-order valence-electron chi connectivity index (χ2n) is 6.09. The number of benzene rings is 2. The molecule has 0 spiro atoms. The van der Waals surface area contributed by atoms with Crippen LogP contribution in [0.5, 0.6) is 0 Å². The number of aryl methyl sites for hydroxylation is 1. The maximum absolute atomic E-state index is 4.70. The van der Waals surface area contributed by atoms with Crippen molar-refractivity contribution >= 4 is 23.5 Å². The van der Waals surface area contributed by atoms with E-state index in [-0.39, 0.29) is 0 Å². The van der Waals surface area contributed by atoms with Crippen LogP contribution in [0.4, 0.5) is 0 Å². The van der Waals surface area contributed by atoms with Crippen molar-refractivity contribution < 1.29 is 0 Å². The summed E-state index contributed by atoms with van der Waals surface area (Å²) in [4.78, 5) is 4.70. The van der Waals surface area contributed by atoms with E-state index in [1.54, 1.807) is 11.3 Å². The number of hydrogen-bond acceptors (Lipinski definition) is 2. The van der Waals surface area contributed by atoms with Crippen molar-refractivity contribution in [2.24, 2.45) is 0 Å². The monoisotopic (exact) mass is 319 g/mol. The van der Waals surface area contributed by atoms with Crippen LogP contribution < -0.4 is 0 Å². The highest BCUT2D eigenvalue weighted by Gasteiger charge is 2.02. The Balaban J connectivity index is 1.74. The third-order valence-corrected chi connectivity index (χ3v) is 4.70. The minimum atomic E-state index is 0.573. The number of aromatic nitrogens is 1. The topological polar surface area (TPSA) is 12.9 Å². The highest BCUT2D eigenvalue weighted by Crippen LogP contribution is 2.23. The quantitative estimate of drug-likeness (QED) is 0.541. The molecule has 1 aromatic heterocycles. The molecule has 0 fully saturated rings. The maximum atomic E-state index is 4.70. The first kappa shape index (κ1) is 15.7. The van der Waals surface area contributed by atoms with Gasteiger partial charge in [0.25, 0.3) is 0 Å². The van der Waals surface area contributed by atoms with E-state index in [1.165, 1.54) is 22.3 Å². The van der Waals surface area contributed by atoms with Crippen molar-refractivity contribution in [3.05, 3.63) is 75.6 Å². The van der Waals surface area contributed by atoms with E-state index in [1.807, 2.05) is 0 Å². The van der Waals surface area contributed by atoms with Crippen LogP contribution in [0.2, 0.25) is 0 Å². The first-order valence-corrected chi connectivity index (χ1v) is 8.80. The Kier molecular flexibility index (Phi) is 4.73. The van der Waals surface area contributed by atoms with Crippen LogP contribution in [-0.4, -0.2) is 4.98 Å². The van der Waals surface area contributed by atoms with Gasteiger partial charge in [-0.3, -0.25) is 0 Å². The molecular weight excluding hydrogens is 298 g/mol. The van der Waals surface area contributed by atoms with Gasteiger partial charge >= 0.3 is 0 Å². The lowest BCUT2D eigenvalue weighted by Gasteiger charge is -2.04. The molecule has 116 valence electrons. The molecule has 3 aromatic rings. The molecule has 0 bridgehead atoms. The van der Waals surface area contributed by atoms with Crippen molar-refractivity contribution in [1.82, 2.24) is 4.98 Å². The minimum Gasteiger partial charge on any atom is -0.237 e. The first-order valence-electron chi connectivity index (χ1n) is 7.92. The molecule has 0 unspecified atom stereocenters. The molecule has 2 heteroatoms. The smallest absolute Gasteiger partial charge is 0.116 e. The second-order valence-corrected chi connectivity index (χ2v) is 6.98. The molecule has 0 saturated carbocycles. The molecule has 2 aromatic carbocycles. The molecule has 0 saturated heterocycles. The average molecular weight is 319 g/mol. The maximum Gasteiger partial charge on any atom is 0.116 e. The summed E-state index contributed by atoms with van der Waals surface area (Å²) in [5.74, 6) is 0.573. The number of thiazole rings is 1. The summed E-state index contributed by atoms with van der Waals surface area (Å²) in [6, 6.07) is 17.2. The van der Waals surface area contributed by atoms with Crippen LogP contribution in [0.15, 0.2) is 53.9 Å². The SMILES string of the molecule is Cc1ccc(-c2csc(/C=C/c3ccc(C(C)C)cc3)n2)cc1. The highest BCUT2D eigenvalue weighted by molar-refractivity contribution is 7.10. The van der Waals surface area contributed by atoms with Crippen LogP contribution >= 0.6 is 11.3 Å². The van der Waals surface area contributed by atoms with Gasteiger partial charge in [0.1, 0.15) is 5.01 Å². The Bertz CT molecular complexity index is 793. The molecule has 0 aliphatic carbocycles. The van der Waals surface area contributed by atoms with E-state index < -0.39 is 0 Å². The summed E-state index contributed by atoms with van der Waals surface area (Å²) in [6.07, 6.45) is 4.22. The van der Waals surface area contributed by atoms with E-state index in [0.29, 0.717) is 5.92 Å². The third kappa shape index (κ3) is 3.96. The summed E-state index contributed by atoms with van der Waals surface area (Å²) >= 11 is 1.68. The predicted octanol–water partition coefficient (Wildman–Crippen LogP) is 6.41. The Hall–Kier alpha value is -2.19. The average Bonchev–Trinajstić information content (AvgIpc) is 3.03. The zero-order valence-electron chi connectivity index (χ0n) is 13.8. The Labute approximate surface area is 142 Å². The lowest BCUT2D eigenvalue weighted by Crippen LogP contribution is -1.85. The zero-order valence-corrected chi connectivity index (χ0v) is 14.6. The molecule has 0 aliphatic rings. The number of rotatable bonds is 4. The van der Waals surface area contributed by atoms with Gasteiger partial charge in [-0.2, -0.15) is 0 Å². The zero-order chi connectivity index (χ0) is 16.2. The molecule has 3 rings (SSSR count). The number of hydrogen-bond donors (Lipinski definition) is 0. The fourth-order valence-electron chi connectivity index (χ4n) is 2.38. The fourth-order valence-corrected chi connectivity index (χ4v) is 3.10. The van der Waals surface area contributed by atoms with E-state index in [9.17, 15) is 0 Å². The van der Waals surface area contributed by atoms with Crippen molar-refractivity contribution in [2.45, 2.75) is 26.7 Å². The van der Waals surface area contributed by atoms with E-state index in [0.717, 1.165) is 10.7 Å². The molecule has 0 aliphatic heterocycles. The van der Waals surface area contributed by atoms with E-state index >= 15 is 0 Å². The second kappa shape index (κ2) is 6.93. The first-order chi connectivity index (χ1) is 11.1. The van der Waals surface area contributed by atoms with Crippen LogP contribution in [0, 0.1) is 6.92 Å². The van der Waals surface area contributed by atoms with Gasteiger partial charge in [0, 0.05) is 10.9 Å². The van der Waals surface area contributed by atoms with Gasteiger partial charge in [-0.1, -0.05) is 74.0 Å². The molecule has 0 radical (unpaired) electrons. The molecule has 0 atom stereocenters. The van der Waals surface area contributed by atoms with Gasteiger partial charge in [-0.05, 0) is 30.0 Å². The molecular formula is C21H21NS. The predicted molar refractivity (Wildman–Crippen MR) is 102 cm³/mol. The van der Waals surface area contributed by atoms with Crippen molar-refractivity contribution in [3.8, 4) is 11.3 Å². The van der Waals surface area contributed by atoms with Gasteiger partial charge in [0.2, 0.25) is 0 Å². The Morgan fingerprint density at radius 3 is 2.26 bits per heavy atom. The minimum absolute atomic E-state index is 0.573. The molecule has 0 N–H and O–H groups in total. The highest BCUT2D eigenvalue weighted by atomic mass is 32.1. The lowest BCUT2D eigenvalue weighted by atomic mass is 10.0. The molecule has 1 nitrogen and oxygen atoms in total. The van der Waals surface area contributed by atoms with Crippen LogP contribution in [0.25, 0.3) is 23.4 Å². The summed E-state index contributed by atoms with van der Waals surface area (Å²) < 4.78 is 0. The third-order valence-electron chi connectivity index (χ3n) is 3.89. The normalized spacial score (nSPS) is 11.5. The fraction of sp³-hybridized carbons (Fsp3) is 0.190. The molecule has 23 heavy (non-hydrogen) atoms. The molecule has 1 heterocycles. The van der Waals surface area contributed by atoms with Crippen molar-refractivity contribution in [2.75, 3.05) is 0 Å².